The van der Waals surface area contributed by atoms with Crippen LogP contribution in [-0.4, -0.2) is 59.5 Å². The first-order valence-corrected chi connectivity index (χ1v) is 12.4. The number of nitrogens with zero attached hydrogens (tertiary/aromatic N) is 5. The molecule has 1 aliphatic rings. The third-order valence-corrected chi connectivity index (χ3v) is 7.72. The molecule has 0 radical (unpaired) electrons. The van der Waals surface area contributed by atoms with E-state index in [1.807, 2.05) is 24.8 Å². The zero-order valence-electron chi connectivity index (χ0n) is 19.6. The van der Waals surface area contributed by atoms with Gasteiger partial charge in [0.1, 0.15) is 5.69 Å². The number of anilines is 2. The molecule has 1 aliphatic heterocycles. The maximum Gasteiger partial charge on any atom is 0.295 e. The summed E-state index contributed by atoms with van der Waals surface area (Å²) in [4.78, 5) is 24.5. The summed E-state index contributed by atoms with van der Waals surface area (Å²) < 4.78 is 29.2. The second-order valence-corrected chi connectivity index (χ2v) is 10.3. The van der Waals surface area contributed by atoms with Crippen molar-refractivity contribution in [1.29, 1.82) is 0 Å². The Labute approximate surface area is 203 Å². The number of carbonyl (C=O) groups is 1. The minimum absolute atomic E-state index is 0.0520. The molecule has 0 aliphatic carbocycles. The Kier molecular flexibility index (Phi) is 6.59. The first-order valence-electron chi connectivity index (χ1n) is 11.0. The molecule has 0 saturated carbocycles. The second-order valence-electron chi connectivity index (χ2n) is 8.37. The van der Waals surface area contributed by atoms with E-state index in [1.54, 1.807) is 28.9 Å². The second kappa shape index (κ2) is 9.47. The van der Waals surface area contributed by atoms with Gasteiger partial charge in [-0.1, -0.05) is 0 Å². The van der Waals surface area contributed by atoms with Crippen LogP contribution < -0.4 is 10.2 Å². The first kappa shape index (κ1) is 24.4. The van der Waals surface area contributed by atoms with Crippen molar-refractivity contribution in [3.63, 3.8) is 0 Å². The van der Waals surface area contributed by atoms with Crippen LogP contribution in [0.1, 0.15) is 18.3 Å². The molecule has 1 fully saturated rings. The van der Waals surface area contributed by atoms with Gasteiger partial charge in [0, 0.05) is 56.2 Å². The Balaban J connectivity index is 1.52. The lowest BCUT2D eigenvalue weighted by Crippen LogP contribution is -2.48. The van der Waals surface area contributed by atoms with Gasteiger partial charge < -0.3 is 10.2 Å². The zero-order chi connectivity index (χ0) is 25.3. The van der Waals surface area contributed by atoms with E-state index in [9.17, 15) is 23.3 Å². The SMILES string of the molecule is CC(=O)Nc1ccc(S(=O)(=O)N2CCN(c3ccc([N+](=O)[O-])c(-n4nc(C)cc4C)c3)CC2)cc1. The summed E-state index contributed by atoms with van der Waals surface area (Å²) in [6, 6.07) is 12.8. The molecular weight excluding hydrogens is 472 g/mol. The predicted molar refractivity (Wildman–Crippen MR) is 131 cm³/mol. The summed E-state index contributed by atoms with van der Waals surface area (Å²) in [5, 5.41) is 18.6. The van der Waals surface area contributed by atoms with Crippen LogP contribution in [0.15, 0.2) is 53.4 Å². The Bertz CT molecular complexity index is 1380. The number of aryl methyl sites for hydroxylation is 2. The first-order chi connectivity index (χ1) is 16.6. The molecule has 1 amide bonds. The van der Waals surface area contributed by atoms with Crippen molar-refractivity contribution in [1.82, 2.24) is 14.1 Å². The van der Waals surface area contributed by atoms with Gasteiger partial charge in [-0.05, 0) is 56.3 Å². The third-order valence-electron chi connectivity index (χ3n) is 5.81. The summed E-state index contributed by atoms with van der Waals surface area (Å²) >= 11 is 0. The molecule has 3 aromatic rings. The number of nitrogens with one attached hydrogen (secondary N) is 1. The fourth-order valence-electron chi connectivity index (χ4n) is 4.15. The third kappa shape index (κ3) is 5.03. The Hall–Kier alpha value is -3.77. The van der Waals surface area contributed by atoms with Crippen molar-refractivity contribution in [2.75, 3.05) is 36.4 Å². The van der Waals surface area contributed by atoms with Gasteiger partial charge in [0.05, 0.1) is 15.5 Å². The predicted octanol–water partition coefficient (Wildman–Crippen LogP) is 2.87. The maximum atomic E-state index is 13.1. The fourth-order valence-corrected chi connectivity index (χ4v) is 5.58. The van der Waals surface area contributed by atoms with Gasteiger partial charge in [0.25, 0.3) is 5.69 Å². The van der Waals surface area contributed by atoms with Crippen LogP contribution in [0.3, 0.4) is 0 Å². The Morgan fingerprint density at radius 1 is 1.03 bits per heavy atom. The molecule has 11 nitrogen and oxygen atoms in total. The number of hydrogen-bond acceptors (Lipinski definition) is 7. The molecule has 2 heterocycles. The molecule has 184 valence electrons. The highest BCUT2D eigenvalue weighted by molar-refractivity contribution is 7.89. The number of amides is 1. The molecule has 1 saturated heterocycles. The monoisotopic (exact) mass is 498 g/mol. The van der Waals surface area contributed by atoms with Crippen LogP contribution in [0.25, 0.3) is 5.69 Å². The molecular formula is C23H26N6O5S. The minimum Gasteiger partial charge on any atom is -0.369 e. The maximum absolute atomic E-state index is 13.1. The normalized spacial score (nSPS) is 14.7. The van der Waals surface area contributed by atoms with Gasteiger partial charge in [-0.25, -0.2) is 13.1 Å². The molecule has 4 rings (SSSR count). The highest BCUT2D eigenvalue weighted by Crippen LogP contribution is 2.30. The van der Waals surface area contributed by atoms with Gasteiger partial charge in [0.15, 0.2) is 0 Å². The molecule has 2 aromatic carbocycles. The van der Waals surface area contributed by atoms with Crippen LogP contribution >= 0.6 is 0 Å². The highest BCUT2D eigenvalue weighted by Gasteiger charge is 2.29. The largest absolute Gasteiger partial charge is 0.369 e. The van der Waals surface area contributed by atoms with Crippen LogP contribution in [0.2, 0.25) is 0 Å². The van der Waals surface area contributed by atoms with Crippen LogP contribution in [0.4, 0.5) is 17.1 Å². The lowest BCUT2D eigenvalue weighted by Gasteiger charge is -2.35. The highest BCUT2D eigenvalue weighted by atomic mass is 32.2. The van der Waals surface area contributed by atoms with Gasteiger partial charge in [-0.3, -0.25) is 14.9 Å². The van der Waals surface area contributed by atoms with Gasteiger partial charge in [0.2, 0.25) is 15.9 Å². The van der Waals surface area contributed by atoms with Crippen molar-refractivity contribution in [2.24, 2.45) is 0 Å². The summed E-state index contributed by atoms with van der Waals surface area (Å²) in [6.45, 7) is 6.43. The average molecular weight is 499 g/mol. The molecule has 35 heavy (non-hydrogen) atoms. The van der Waals surface area contributed by atoms with Crippen LogP contribution in [0.5, 0.6) is 0 Å². The quantitative estimate of drug-likeness (QED) is 0.408. The number of nitro benzene ring substituents is 1. The molecule has 0 unspecified atom stereocenters. The van der Waals surface area contributed by atoms with E-state index in [0.717, 1.165) is 17.1 Å². The molecule has 1 aromatic heterocycles. The summed E-state index contributed by atoms with van der Waals surface area (Å²) in [6.07, 6.45) is 0. The molecule has 0 spiro atoms. The number of piperazine rings is 1. The number of rotatable bonds is 6. The topological polar surface area (TPSA) is 131 Å². The lowest BCUT2D eigenvalue weighted by molar-refractivity contribution is -0.384. The number of sulfonamides is 1. The van der Waals surface area contributed by atoms with Crippen molar-refractivity contribution in [3.8, 4) is 5.69 Å². The van der Waals surface area contributed by atoms with E-state index in [-0.39, 0.29) is 29.6 Å². The standard InChI is InChI=1S/C23H26N6O5S/c1-16-14-17(2)28(25-16)23-15-20(6-9-22(23)29(31)32)26-10-12-27(13-11-26)35(33,34)21-7-4-19(5-8-21)24-18(3)30/h4-9,14-15H,10-13H2,1-3H3,(H,24,30). The molecule has 0 bridgehead atoms. The van der Waals surface area contributed by atoms with Crippen molar-refractivity contribution >= 4 is 33.0 Å². The number of hydrogen-bond donors (Lipinski definition) is 1. The number of carbonyl (C=O) groups excluding carboxylic acids is 1. The van der Waals surface area contributed by atoms with Crippen molar-refractivity contribution < 1.29 is 18.1 Å². The van der Waals surface area contributed by atoms with E-state index in [1.165, 1.54) is 29.4 Å². The minimum atomic E-state index is -3.69. The Morgan fingerprint density at radius 3 is 2.23 bits per heavy atom. The number of nitro groups is 1. The molecule has 12 heteroatoms. The van der Waals surface area contributed by atoms with Gasteiger partial charge in [-0.2, -0.15) is 9.40 Å². The van der Waals surface area contributed by atoms with Crippen LogP contribution in [-0.2, 0) is 14.8 Å². The number of aromatic nitrogens is 2. The lowest BCUT2D eigenvalue weighted by atomic mass is 10.2. The zero-order valence-corrected chi connectivity index (χ0v) is 20.4. The van der Waals surface area contributed by atoms with Crippen molar-refractivity contribution in [2.45, 2.75) is 25.7 Å². The molecule has 1 N–H and O–H groups in total. The van der Waals surface area contributed by atoms with Crippen LogP contribution in [0, 0.1) is 24.0 Å². The van der Waals surface area contributed by atoms with Gasteiger partial charge in [-0.15, -0.1) is 0 Å². The van der Waals surface area contributed by atoms with E-state index in [2.05, 4.69) is 10.4 Å². The summed E-state index contributed by atoms with van der Waals surface area (Å²) in [5.41, 5.74) is 3.14. The number of benzene rings is 2. The Morgan fingerprint density at radius 2 is 1.69 bits per heavy atom. The van der Waals surface area contributed by atoms with E-state index < -0.39 is 14.9 Å². The smallest absolute Gasteiger partial charge is 0.295 e. The van der Waals surface area contributed by atoms with E-state index in [0.29, 0.717) is 24.5 Å². The average Bonchev–Trinajstić information content (AvgIpc) is 3.16. The summed E-state index contributed by atoms with van der Waals surface area (Å²) in [7, 11) is -3.69. The fraction of sp³-hybridized carbons (Fsp3) is 0.304. The van der Waals surface area contributed by atoms with E-state index >= 15 is 0 Å². The van der Waals surface area contributed by atoms with E-state index in [4.69, 9.17) is 0 Å². The van der Waals surface area contributed by atoms with Gasteiger partial charge >= 0.3 is 0 Å². The molecule has 0 atom stereocenters. The van der Waals surface area contributed by atoms with Crippen molar-refractivity contribution in [3.05, 3.63) is 70.0 Å². The summed E-state index contributed by atoms with van der Waals surface area (Å²) in [5.74, 6) is -0.232.